The lowest BCUT2D eigenvalue weighted by Gasteiger charge is -2.18. The predicted molar refractivity (Wildman–Crippen MR) is 104 cm³/mol. The highest BCUT2D eigenvalue weighted by Crippen LogP contribution is 2.36. The zero-order chi connectivity index (χ0) is 17.9. The SMILES string of the molecule is CCCCCOc1c2c(c(C#N)c3nc4ccccc4n13)CCCCC2. The number of para-hydroxylation sites is 2. The fraction of sp³-hybridized carbons (Fsp3) is 0.455. The number of nitriles is 1. The molecular formula is C22H25N3O. The van der Waals surface area contributed by atoms with Gasteiger partial charge in [-0.2, -0.15) is 5.26 Å². The Balaban J connectivity index is 1.98. The van der Waals surface area contributed by atoms with Crippen molar-refractivity contribution in [2.75, 3.05) is 6.61 Å². The van der Waals surface area contributed by atoms with E-state index in [1.807, 2.05) is 18.2 Å². The van der Waals surface area contributed by atoms with Crippen LogP contribution in [0.2, 0.25) is 0 Å². The van der Waals surface area contributed by atoms with Gasteiger partial charge in [0, 0.05) is 5.56 Å². The van der Waals surface area contributed by atoms with E-state index in [1.165, 1.54) is 30.4 Å². The molecule has 0 fully saturated rings. The van der Waals surface area contributed by atoms with Crippen molar-refractivity contribution in [1.29, 1.82) is 5.26 Å². The van der Waals surface area contributed by atoms with Crippen molar-refractivity contribution in [2.24, 2.45) is 0 Å². The molecular weight excluding hydrogens is 322 g/mol. The minimum atomic E-state index is 0.716. The number of hydrogen-bond donors (Lipinski definition) is 0. The molecule has 0 spiro atoms. The van der Waals surface area contributed by atoms with E-state index in [2.05, 4.69) is 23.5 Å². The number of nitrogens with zero attached hydrogens (tertiary/aromatic N) is 3. The Morgan fingerprint density at radius 2 is 1.92 bits per heavy atom. The normalized spacial score (nSPS) is 14.2. The van der Waals surface area contributed by atoms with Gasteiger partial charge in [-0.05, 0) is 49.8 Å². The molecule has 0 saturated heterocycles. The maximum atomic E-state index is 9.90. The highest BCUT2D eigenvalue weighted by Gasteiger charge is 2.24. The van der Waals surface area contributed by atoms with Crippen molar-refractivity contribution >= 4 is 16.7 Å². The Morgan fingerprint density at radius 1 is 1.12 bits per heavy atom. The van der Waals surface area contributed by atoms with Gasteiger partial charge in [0.15, 0.2) is 5.65 Å². The summed E-state index contributed by atoms with van der Waals surface area (Å²) in [6.07, 6.45) is 8.83. The van der Waals surface area contributed by atoms with Gasteiger partial charge in [-0.15, -0.1) is 0 Å². The van der Waals surface area contributed by atoms with Gasteiger partial charge >= 0.3 is 0 Å². The largest absolute Gasteiger partial charge is 0.478 e. The Labute approximate surface area is 154 Å². The number of benzene rings is 1. The maximum absolute atomic E-state index is 9.90. The summed E-state index contributed by atoms with van der Waals surface area (Å²) in [7, 11) is 0. The maximum Gasteiger partial charge on any atom is 0.203 e. The van der Waals surface area contributed by atoms with Gasteiger partial charge < -0.3 is 4.74 Å². The third kappa shape index (κ3) is 2.82. The van der Waals surface area contributed by atoms with Gasteiger partial charge in [0.25, 0.3) is 0 Å². The predicted octanol–water partition coefficient (Wildman–Crippen LogP) is 5.20. The Hall–Kier alpha value is -2.54. The number of aromatic nitrogens is 2. The molecule has 0 bridgehead atoms. The van der Waals surface area contributed by atoms with E-state index in [0.717, 1.165) is 60.2 Å². The first-order chi connectivity index (χ1) is 12.8. The molecule has 2 heterocycles. The van der Waals surface area contributed by atoms with Crippen molar-refractivity contribution in [3.05, 3.63) is 41.0 Å². The molecule has 4 rings (SSSR count). The molecule has 0 atom stereocenters. The molecule has 26 heavy (non-hydrogen) atoms. The number of unbranched alkanes of at least 4 members (excludes halogenated alkanes) is 2. The number of pyridine rings is 1. The van der Waals surface area contributed by atoms with Gasteiger partial charge in [0.1, 0.15) is 6.07 Å². The molecule has 4 heteroatoms. The van der Waals surface area contributed by atoms with Crippen molar-refractivity contribution in [1.82, 2.24) is 9.38 Å². The first-order valence-electron chi connectivity index (χ1n) is 9.83. The molecule has 2 aromatic heterocycles. The smallest absolute Gasteiger partial charge is 0.203 e. The molecule has 1 aliphatic carbocycles. The number of ether oxygens (including phenoxy) is 1. The first kappa shape index (κ1) is 16.9. The van der Waals surface area contributed by atoms with Crippen molar-refractivity contribution in [3.8, 4) is 11.9 Å². The van der Waals surface area contributed by atoms with Crippen molar-refractivity contribution in [3.63, 3.8) is 0 Å². The quantitative estimate of drug-likeness (QED) is 0.471. The van der Waals surface area contributed by atoms with E-state index >= 15 is 0 Å². The average molecular weight is 347 g/mol. The lowest BCUT2D eigenvalue weighted by atomic mass is 9.99. The van der Waals surface area contributed by atoms with Crippen LogP contribution in [-0.4, -0.2) is 16.0 Å². The number of imidazole rings is 1. The summed E-state index contributed by atoms with van der Waals surface area (Å²) in [5.41, 5.74) is 5.82. The number of rotatable bonds is 5. The Bertz CT molecular complexity index is 981. The molecule has 134 valence electrons. The summed E-state index contributed by atoms with van der Waals surface area (Å²) in [6.45, 7) is 2.92. The van der Waals surface area contributed by atoms with Gasteiger partial charge in [-0.3, -0.25) is 4.40 Å². The molecule has 0 saturated carbocycles. The average Bonchev–Trinajstić information content (AvgIpc) is 2.87. The van der Waals surface area contributed by atoms with E-state index in [-0.39, 0.29) is 0 Å². The molecule has 1 aromatic carbocycles. The van der Waals surface area contributed by atoms with Crippen LogP contribution in [-0.2, 0) is 12.8 Å². The highest BCUT2D eigenvalue weighted by molar-refractivity contribution is 5.84. The van der Waals surface area contributed by atoms with Gasteiger partial charge in [-0.25, -0.2) is 4.98 Å². The molecule has 1 aliphatic rings. The lowest BCUT2D eigenvalue weighted by Crippen LogP contribution is -2.10. The fourth-order valence-electron chi connectivity index (χ4n) is 4.05. The van der Waals surface area contributed by atoms with Crippen LogP contribution in [0.15, 0.2) is 24.3 Å². The van der Waals surface area contributed by atoms with Crippen LogP contribution in [0.4, 0.5) is 0 Å². The van der Waals surface area contributed by atoms with Gasteiger partial charge in [0.05, 0.1) is 23.2 Å². The van der Waals surface area contributed by atoms with Crippen LogP contribution in [0.5, 0.6) is 5.88 Å². The third-order valence-corrected chi connectivity index (χ3v) is 5.36. The van der Waals surface area contributed by atoms with E-state index in [1.54, 1.807) is 0 Å². The zero-order valence-electron chi connectivity index (χ0n) is 15.4. The van der Waals surface area contributed by atoms with E-state index in [0.29, 0.717) is 6.61 Å². The van der Waals surface area contributed by atoms with Crippen LogP contribution in [0.25, 0.3) is 16.7 Å². The second-order valence-electron chi connectivity index (χ2n) is 7.12. The lowest BCUT2D eigenvalue weighted by molar-refractivity contribution is 0.289. The molecule has 3 aromatic rings. The summed E-state index contributed by atoms with van der Waals surface area (Å²) in [6, 6.07) is 10.5. The summed E-state index contributed by atoms with van der Waals surface area (Å²) in [4.78, 5) is 4.79. The molecule has 4 nitrogen and oxygen atoms in total. The second kappa shape index (κ2) is 7.37. The molecule has 0 radical (unpaired) electrons. The van der Waals surface area contributed by atoms with Crippen LogP contribution >= 0.6 is 0 Å². The summed E-state index contributed by atoms with van der Waals surface area (Å²) in [5, 5.41) is 9.90. The van der Waals surface area contributed by atoms with E-state index in [4.69, 9.17) is 9.72 Å². The van der Waals surface area contributed by atoms with Crippen LogP contribution in [0.3, 0.4) is 0 Å². The van der Waals surface area contributed by atoms with Crippen molar-refractivity contribution < 1.29 is 4.74 Å². The molecule has 0 aliphatic heterocycles. The topological polar surface area (TPSA) is 50.3 Å². The minimum Gasteiger partial charge on any atom is -0.478 e. The van der Waals surface area contributed by atoms with Crippen molar-refractivity contribution in [2.45, 2.75) is 58.3 Å². The van der Waals surface area contributed by atoms with Gasteiger partial charge in [-0.1, -0.05) is 38.3 Å². The van der Waals surface area contributed by atoms with E-state index < -0.39 is 0 Å². The Morgan fingerprint density at radius 3 is 2.73 bits per heavy atom. The Kier molecular flexibility index (Phi) is 4.79. The summed E-state index contributed by atoms with van der Waals surface area (Å²) in [5.74, 6) is 0.917. The summed E-state index contributed by atoms with van der Waals surface area (Å²) < 4.78 is 8.44. The summed E-state index contributed by atoms with van der Waals surface area (Å²) >= 11 is 0. The zero-order valence-corrected chi connectivity index (χ0v) is 15.4. The first-order valence-corrected chi connectivity index (χ1v) is 9.83. The third-order valence-electron chi connectivity index (χ3n) is 5.36. The minimum absolute atomic E-state index is 0.716. The number of fused-ring (bicyclic) bond motifs is 4. The van der Waals surface area contributed by atoms with Gasteiger partial charge in [0.2, 0.25) is 5.88 Å². The molecule has 0 N–H and O–H groups in total. The van der Waals surface area contributed by atoms with Crippen LogP contribution in [0, 0.1) is 11.3 Å². The molecule has 0 unspecified atom stereocenters. The molecule has 0 amide bonds. The van der Waals surface area contributed by atoms with E-state index in [9.17, 15) is 5.26 Å². The monoisotopic (exact) mass is 347 g/mol. The standard InChI is InChI=1S/C22H25N3O/c1-2-3-9-14-26-22-17-11-6-4-5-10-16(17)18(15-23)21-24-19-12-7-8-13-20(19)25(21)22/h7-8,12-13H,2-6,9-11,14H2,1H3. The number of hydrogen-bond acceptors (Lipinski definition) is 3. The fourth-order valence-corrected chi connectivity index (χ4v) is 4.05. The second-order valence-corrected chi connectivity index (χ2v) is 7.12. The van der Waals surface area contributed by atoms with Crippen LogP contribution < -0.4 is 4.74 Å². The van der Waals surface area contributed by atoms with Crippen LogP contribution in [0.1, 0.15) is 62.1 Å². The highest BCUT2D eigenvalue weighted by atomic mass is 16.5.